The number of carbonyl (C=O) groups is 3. The van der Waals surface area contributed by atoms with Crippen molar-refractivity contribution in [1.82, 2.24) is 4.57 Å². The summed E-state index contributed by atoms with van der Waals surface area (Å²) < 4.78 is 39.6. The molecular formula is C28H27N3O7S2. The number of para-hydroxylation sites is 1. The number of thiazole rings is 1. The van der Waals surface area contributed by atoms with Crippen molar-refractivity contribution >= 4 is 55.1 Å². The lowest BCUT2D eigenvalue weighted by Gasteiger charge is -2.19. The summed E-state index contributed by atoms with van der Waals surface area (Å²) >= 11 is 1.12. The summed E-state index contributed by atoms with van der Waals surface area (Å²) in [5.41, 5.74) is 1.57. The van der Waals surface area contributed by atoms with E-state index in [0.29, 0.717) is 21.5 Å². The SMILES string of the molecule is CCOC(=O)Cn1c(=NC(=O)c2ccc(S(=O)(=O)N(C)c3ccccc3)cc2)sc2cc(C(=O)OCC)ccc21. The van der Waals surface area contributed by atoms with Crippen LogP contribution in [0.3, 0.4) is 0 Å². The Labute approximate surface area is 235 Å². The molecule has 10 nitrogen and oxygen atoms in total. The van der Waals surface area contributed by atoms with Crippen LogP contribution in [0.4, 0.5) is 5.69 Å². The number of nitrogens with zero attached hydrogens (tertiary/aromatic N) is 3. The molecule has 0 aliphatic heterocycles. The van der Waals surface area contributed by atoms with Crippen LogP contribution in [0.5, 0.6) is 0 Å². The number of benzene rings is 3. The molecule has 0 saturated carbocycles. The highest BCUT2D eigenvalue weighted by molar-refractivity contribution is 7.92. The number of ether oxygens (including phenoxy) is 2. The molecule has 1 amide bonds. The van der Waals surface area contributed by atoms with Crippen LogP contribution in [-0.4, -0.2) is 51.1 Å². The van der Waals surface area contributed by atoms with Gasteiger partial charge in [0, 0.05) is 12.6 Å². The zero-order valence-corrected chi connectivity index (χ0v) is 23.7. The molecular weight excluding hydrogens is 554 g/mol. The number of esters is 2. The van der Waals surface area contributed by atoms with Crippen molar-refractivity contribution in [3.8, 4) is 0 Å². The molecule has 0 bridgehead atoms. The fourth-order valence-electron chi connectivity index (χ4n) is 3.84. The number of rotatable bonds is 9. The molecule has 0 radical (unpaired) electrons. The lowest BCUT2D eigenvalue weighted by molar-refractivity contribution is -0.143. The average Bonchev–Trinajstić information content (AvgIpc) is 3.28. The average molecular weight is 582 g/mol. The third kappa shape index (κ3) is 6.13. The van der Waals surface area contributed by atoms with Gasteiger partial charge in [0.2, 0.25) is 0 Å². The Kier molecular flexibility index (Phi) is 8.80. The van der Waals surface area contributed by atoms with E-state index >= 15 is 0 Å². The summed E-state index contributed by atoms with van der Waals surface area (Å²) in [5, 5.41) is 0. The first-order chi connectivity index (χ1) is 19.1. The van der Waals surface area contributed by atoms with E-state index in [-0.39, 0.29) is 35.0 Å². The first kappa shape index (κ1) is 28.7. The highest BCUT2D eigenvalue weighted by Gasteiger charge is 2.22. The smallest absolute Gasteiger partial charge is 0.338 e. The van der Waals surface area contributed by atoms with E-state index in [1.165, 1.54) is 31.3 Å². The van der Waals surface area contributed by atoms with E-state index in [2.05, 4.69) is 4.99 Å². The number of aromatic nitrogens is 1. The number of anilines is 1. The lowest BCUT2D eigenvalue weighted by Crippen LogP contribution is -2.26. The van der Waals surface area contributed by atoms with Gasteiger partial charge in [-0.3, -0.25) is 13.9 Å². The second-order valence-electron chi connectivity index (χ2n) is 8.43. The van der Waals surface area contributed by atoms with Gasteiger partial charge in [-0.25, -0.2) is 13.2 Å². The number of amides is 1. The van der Waals surface area contributed by atoms with Crippen molar-refractivity contribution in [3.05, 3.63) is 88.7 Å². The summed E-state index contributed by atoms with van der Waals surface area (Å²) in [4.78, 5) is 42.1. The molecule has 0 aliphatic rings. The van der Waals surface area contributed by atoms with Crippen molar-refractivity contribution < 1.29 is 32.3 Å². The van der Waals surface area contributed by atoms with Gasteiger partial charge in [0.05, 0.1) is 39.6 Å². The molecule has 0 unspecified atom stereocenters. The van der Waals surface area contributed by atoms with Crippen molar-refractivity contribution in [3.63, 3.8) is 0 Å². The van der Waals surface area contributed by atoms with E-state index in [9.17, 15) is 22.8 Å². The predicted octanol–water partition coefficient (Wildman–Crippen LogP) is 4.01. The molecule has 0 atom stereocenters. The normalized spacial score (nSPS) is 11.8. The molecule has 0 saturated heterocycles. The quantitative estimate of drug-likeness (QED) is 0.274. The van der Waals surface area contributed by atoms with Gasteiger partial charge < -0.3 is 14.0 Å². The zero-order chi connectivity index (χ0) is 28.9. The molecule has 3 aromatic carbocycles. The molecule has 208 valence electrons. The minimum absolute atomic E-state index is 0.0149. The zero-order valence-electron chi connectivity index (χ0n) is 22.1. The molecule has 0 spiro atoms. The Morgan fingerprint density at radius 3 is 2.20 bits per heavy atom. The van der Waals surface area contributed by atoms with E-state index in [1.807, 2.05) is 0 Å². The Balaban J connectivity index is 1.69. The molecule has 0 aliphatic carbocycles. The van der Waals surface area contributed by atoms with Crippen LogP contribution in [0, 0.1) is 0 Å². The molecule has 1 aromatic heterocycles. The second kappa shape index (κ2) is 12.3. The van der Waals surface area contributed by atoms with Gasteiger partial charge in [-0.1, -0.05) is 29.5 Å². The molecule has 1 heterocycles. The van der Waals surface area contributed by atoms with Crippen molar-refractivity contribution in [2.75, 3.05) is 24.6 Å². The maximum Gasteiger partial charge on any atom is 0.338 e. The number of sulfonamides is 1. The molecule has 40 heavy (non-hydrogen) atoms. The van der Waals surface area contributed by atoms with Crippen LogP contribution in [0.2, 0.25) is 0 Å². The minimum Gasteiger partial charge on any atom is -0.465 e. The number of hydrogen-bond donors (Lipinski definition) is 0. The Hall–Kier alpha value is -4.29. The van der Waals surface area contributed by atoms with E-state index in [1.54, 1.807) is 66.9 Å². The minimum atomic E-state index is -3.85. The Morgan fingerprint density at radius 2 is 1.55 bits per heavy atom. The van der Waals surface area contributed by atoms with Gasteiger partial charge in [-0.15, -0.1) is 0 Å². The van der Waals surface area contributed by atoms with Crippen LogP contribution in [0.1, 0.15) is 34.6 Å². The van der Waals surface area contributed by atoms with Crippen molar-refractivity contribution in [2.45, 2.75) is 25.3 Å². The van der Waals surface area contributed by atoms with Gasteiger partial charge in [0.1, 0.15) is 6.54 Å². The summed E-state index contributed by atoms with van der Waals surface area (Å²) in [5.74, 6) is -1.63. The van der Waals surface area contributed by atoms with Crippen LogP contribution in [0.15, 0.2) is 82.7 Å². The first-order valence-corrected chi connectivity index (χ1v) is 14.6. The Bertz CT molecular complexity index is 1730. The third-order valence-electron chi connectivity index (χ3n) is 5.86. The van der Waals surface area contributed by atoms with E-state index < -0.39 is 27.9 Å². The number of carbonyl (C=O) groups excluding carboxylic acids is 3. The summed E-state index contributed by atoms with van der Waals surface area (Å²) in [6.45, 7) is 3.62. The van der Waals surface area contributed by atoms with Crippen LogP contribution >= 0.6 is 11.3 Å². The highest BCUT2D eigenvalue weighted by Crippen LogP contribution is 2.23. The van der Waals surface area contributed by atoms with Gasteiger partial charge in [-0.2, -0.15) is 4.99 Å². The molecule has 4 aromatic rings. The van der Waals surface area contributed by atoms with Gasteiger partial charge in [-0.05, 0) is 68.4 Å². The van der Waals surface area contributed by atoms with Crippen LogP contribution in [-0.2, 0) is 30.8 Å². The highest BCUT2D eigenvalue weighted by atomic mass is 32.2. The first-order valence-electron chi connectivity index (χ1n) is 12.3. The third-order valence-corrected chi connectivity index (χ3v) is 8.70. The maximum absolute atomic E-state index is 13.1. The fraction of sp³-hybridized carbons (Fsp3) is 0.214. The van der Waals surface area contributed by atoms with Gasteiger partial charge in [0.25, 0.3) is 15.9 Å². The van der Waals surface area contributed by atoms with Gasteiger partial charge in [0.15, 0.2) is 4.80 Å². The maximum atomic E-state index is 13.1. The lowest BCUT2D eigenvalue weighted by atomic mass is 10.2. The van der Waals surface area contributed by atoms with Crippen LogP contribution in [0.25, 0.3) is 10.2 Å². The van der Waals surface area contributed by atoms with Crippen LogP contribution < -0.4 is 9.11 Å². The Morgan fingerprint density at radius 1 is 0.900 bits per heavy atom. The van der Waals surface area contributed by atoms with Crippen molar-refractivity contribution in [2.24, 2.45) is 4.99 Å². The molecule has 0 fully saturated rings. The van der Waals surface area contributed by atoms with Gasteiger partial charge >= 0.3 is 11.9 Å². The monoisotopic (exact) mass is 581 g/mol. The molecule has 4 rings (SSSR count). The molecule has 0 N–H and O–H groups in total. The van der Waals surface area contributed by atoms with E-state index in [0.717, 1.165) is 15.6 Å². The largest absolute Gasteiger partial charge is 0.465 e. The number of fused-ring (bicyclic) bond motifs is 1. The van der Waals surface area contributed by atoms with E-state index in [4.69, 9.17) is 9.47 Å². The number of hydrogen-bond acceptors (Lipinski definition) is 8. The summed E-state index contributed by atoms with van der Waals surface area (Å²) in [6.07, 6.45) is 0. The van der Waals surface area contributed by atoms with Crippen molar-refractivity contribution in [1.29, 1.82) is 0 Å². The topological polar surface area (TPSA) is 124 Å². The molecule has 12 heteroatoms. The standard InChI is InChI=1S/C28H27N3O7S2/c1-4-37-25(32)18-31-23-16-13-20(27(34)38-5-2)17-24(23)39-28(31)29-26(33)19-11-14-22(15-12-19)40(35,36)30(3)21-9-7-6-8-10-21/h6-17H,4-5,18H2,1-3H3. The summed E-state index contributed by atoms with van der Waals surface area (Å²) in [7, 11) is -2.40. The fourth-order valence-corrected chi connectivity index (χ4v) is 6.11. The summed E-state index contributed by atoms with van der Waals surface area (Å²) in [6, 6.07) is 19.0. The second-order valence-corrected chi connectivity index (χ2v) is 11.4. The predicted molar refractivity (Wildman–Crippen MR) is 151 cm³/mol.